The summed E-state index contributed by atoms with van der Waals surface area (Å²) in [5.74, 6) is -0.649. The number of esters is 1. The second-order valence-corrected chi connectivity index (χ2v) is 5.94. The summed E-state index contributed by atoms with van der Waals surface area (Å²) in [5, 5.41) is 0. The van der Waals surface area contributed by atoms with E-state index in [2.05, 4.69) is 26.0 Å². The topological polar surface area (TPSA) is 29.5 Å². The lowest BCUT2D eigenvalue weighted by atomic mass is 10.0. The van der Waals surface area contributed by atoms with E-state index in [0.29, 0.717) is 13.2 Å². The molecule has 0 amide bonds. The van der Waals surface area contributed by atoms with Gasteiger partial charge in [0.25, 0.3) is 0 Å². The van der Waals surface area contributed by atoms with Gasteiger partial charge in [-0.15, -0.1) is 0 Å². The summed E-state index contributed by atoms with van der Waals surface area (Å²) in [6, 6.07) is 10.5. The van der Waals surface area contributed by atoms with Crippen molar-refractivity contribution in [2.24, 2.45) is 0 Å². The van der Waals surface area contributed by atoms with Crippen LogP contribution in [0.3, 0.4) is 0 Å². The van der Waals surface area contributed by atoms with Crippen molar-refractivity contribution in [1.82, 2.24) is 0 Å². The smallest absolute Gasteiger partial charge is 0.332 e. The molecule has 0 spiro atoms. The number of nitrogens with zero attached hydrogens (tertiary/aromatic N) is 1. The van der Waals surface area contributed by atoms with Gasteiger partial charge in [-0.1, -0.05) is 6.07 Å². The molecule has 2 aromatic rings. The number of halogens is 1. The molecule has 3 rings (SSSR count). The minimum Gasteiger partial charge on any atom is -0.463 e. The largest absolute Gasteiger partial charge is 0.463 e. The number of carbonyl (C=O) groups excluding carboxylic acids is 1. The Morgan fingerprint density at radius 1 is 1.21 bits per heavy atom. The molecule has 1 heterocycles. The van der Waals surface area contributed by atoms with Crippen LogP contribution in [0.5, 0.6) is 0 Å². The highest BCUT2D eigenvalue weighted by Gasteiger charge is 2.26. The van der Waals surface area contributed by atoms with Crippen LogP contribution in [0, 0.1) is 19.7 Å². The second kappa shape index (κ2) is 6.48. The minimum atomic E-state index is -0.370. The lowest BCUT2D eigenvalue weighted by molar-refractivity contribution is -0.137. The van der Waals surface area contributed by atoms with Crippen molar-refractivity contribution < 1.29 is 13.9 Å². The third kappa shape index (κ3) is 3.04. The second-order valence-electron chi connectivity index (χ2n) is 5.94. The summed E-state index contributed by atoms with van der Waals surface area (Å²) < 4.78 is 18.3. The molecular formula is C20H20FNO2. The van der Waals surface area contributed by atoms with Crippen molar-refractivity contribution in [3.8, 4) is 0 Å². The molecule has 0 aromatic heterocycles. The van der Waals surface area contributed by atoms with Gasteiger partial charge < -0.3 is 9.64 Å². The number of benzene rings is 2. The van der Waals surface area contributed by atoms with Gasteiger partial charge in [-0.3, -0.25) is 0 Å². The Kier molecular flexibility index (Phi) is 4.38. The Bertz CT molecular complexity index is 809. The molecule has 1 aliphatic heterocycles. The zero-order chi connectivity index (χ0) is 17.3. The molecule has 124 valence electrons. The first-order valence-electron chi connectivity index (χ1n) is 8.01. The van der Waals surface area contributed by atoms with Gasteiger partial charge >= 0.3 is 5.97 Å². The van der Waals surface area contributed by atoms with E-state index in [4.69, 9.17) is 4.74 Å². The van der Waals surface area contributed by atoms with E-state index in [1.54, 1.807) is 19.1 Å². The van der Waals surface area contributed by atoms with E-state index in [9.17, 15) is 9.18 Å². The van der Waals surface area contributed by atoms with Crippen molar-refractivity contribution in [2.45, 2.75) is 27.3 Å². The van der Waals surface area contributed by atoms with Crippen LogP contribution < -0.4 is 4.90 Å². The highest BCUT2D eigenvalue weighted by Crippen LogP contribution is 2.38. The van der Waals surface area contributed by atoms with E-state index in [1.165, 1.54) is 29.3 Å². The van der Waals surface area contributed by atoms with Crippen molar-refractivity contribution in [1.29, 1.82) is 0 Å². The van der Waals surface area contributed by atoms with Gasteiger partial charge in [0.2, 0.25) is 0 Å². The standard InChI is InChI=1S/C20H20FNO2/c1-4-24-20(23)11-19-18-10-14(3)13(2)9-15(18)12-22(19)17-7-5-16(21)6-8-17/h5-11H,4,12H2,1-3H3/b19-11+. The Morgan fingerprint density at radius 3 is 2.54 bits per heavy atom. The third-order valence-electron chi connectivity index (χ3n) is 4.29. The average molecular weight is 325 g/mol. The number of fused-ring (bicyclic) bond motifs is 1. The maximum atomic E-state index is 13.2. The molecule has 0 N–H and O–H groups in total. The van der Waals surface area contributed by atoms with Crippen molar-refractivity contribution >= 4 is 17.4 Å². The van der Waals surface area contributed by atoms with Crippen molar-refractivity contribution in [3.05, 3.63) is 70.5 Å². The Hall–Kier alpha value is -2.62. The number of hydrogen-bond acceptors (Lipinski definition) is 3. The van der Waals surface area contributed by atoms with Crippen LogP contribution in [-0.4, -0.2) is 12.6 Å². The molecule has 3 nitrogen and oxygen atoms in total. The molecule has 0 atom stereocenters. The molecule has 0 unspecified atom stereocenters. The Balaban J connectivity index is 2.08. The molecule has 24 heavy (non-hydrogen) atoms. The first-order valence-corrected chi connectivity index (χ1v) is 8.01. The van der Waals surface area contributed by atoms with Gasteiger partial charge in [0.1, 0.15) is 5.82 Å². The molecule has 0 fully saturated rings. The molecule has 0 aliphatic carbocycles. The Morgan fingerprint density at radius 2 is 1.88 bits per heavy atom. The zero-order valence-corrected chi connectivity index (χ0v) is 14.1. The maximum absolute atomic E-state index is 13.2. The number of aryl methyl sites for hydroxylation is 2. The first-order chi connectivity index (χ1) is 11.5. The summed E-state index contributed by atoms with van der Waals surface area (Å²) in [7, 11) is 0. The first kappa shape index (κ1) is 16.2. The van der Waals surface area contributed by atoms with Crippen LogP contribution in [-0.2, 0) is 16.1 Å². The molecule has 0 bridgehead atoms. The van der Waals surface area contributed by atoms with Crippen LogP contribution in [0.25, 0.3) is 5.70 Å². The molecule has 0 saturated heterocycles. The van der Waals surface area contributed by atoms with Gasteiger partial charge in [-0.2, -0.15) is 0 Å². The van der Waals surface area contributed by atoms with Crippen LogP contribution in [0.2, 0.25) is 0 Å². The van der Waals surface area contributed by atoms with E-state index in [0.717, 1.165) is 22.5 Å². The highest BCUT2D eigenvalue weighted by molar-refractivity contribution is 5.97. The van der Waals surface area contributed by atoms with E-state index in [-0.39, 0.29) is 11.8 Å². The van der Waals surface area contributed by atoms with Crippen LogP contribution >= 0.6 is 0 Å². The van der Waals surface area contributed by atoms with Crippen LogP contribution in [0.4, 0.5) is 10.1 Å². The lowest BCUT2D eigenvalue weighted by Gasteiger charge is -2.20. The third-order valence-corrected chi connectivity index (χ3v) is 4.29. The van der Waals surface area contributed by atoms with Gasteiger partial charge in [-0.25, -0.2) is 9.18 Å². The average Bonchev–Trinajstić information content (AvgIpc) is 2.87. The summed E-state index contributed by atoms with van der Waals surface area (Å²) in [6.45, 7) is 6.89. The number of ether oxygens (including phenoxy) is 1. The molecule has 1 aliphatic rings. The fourth-order valence-electron chi connectivity index (χ4n) is 2.95. The quantitative estimate of drug-likeness (QED) is 0.620. The van der Waals surface area contributed by atoms with E-state index >= 15 is 0 Å². The molecule has 0 saturated carbocycles. The number of hydrogen-bond donors (Lipinski definition) is 0. The number of carbonyl (C=O) groups is 1. The van der Waals surface area contributed by atoms with E-state index in [1.807, 2.05) is 4.90 Å². The highest BCUT2D eigenvalue weighted by atomic mass is 19.1. The monoisotopic (exact) mass is 325 g/mol. The maximum Gasteiger partial charge on any atom is 0.332 e. The zero-order valence-electron chi connectivity index (χ0n) is 14.1. The summed E-state index contributed by atoms with van der Waals surface area (Å²) in [6.07, 6.45) is 1.52. The summed E-state index contributed by atoms with van der Waals surface area (Å²) >= 11 is 0. The summed E-state index contributed by atoms with van der Waals surface area (Å²) in [4.78, 5) is 14.0. The van der Waals surface area contributed by atoms with Gasteiger partial charge in [0, 0.05) is 23.9 Å². The lowest BCUT2D eigenvalue weighted by Crippen LogP contribution is -2.15. The van der Waals surface area contributed by atoms with Crippen LogP contribution in [0.1, 0.15) is 29.2 Å². The minimum absolute atomic E-state index is 0.280. The van der Waals surface area contributed by atoms with Crippen molar-refractivity contribution in [3.63, 3.8) is 0 Å². The molecule has 0 radical (unpaired) electrons. The van der Waals surface area contributed by atoms with Gasteiger partial charge in [0.15, 0.2) is 0 Å². The molecule has 4 heteroatoms. The predicted molar refractivity (Wildman–Crippen MR) is 93.1 cm³/mol. The van der Waals surface area contributed by atoms with Gasteiger partial charge in [-0.05, 0) is 67.8 Å². The summed E-state index contributed by atoms with van der Waals surface area (Å²) in [5.41, 5.74) is 6.19. The predicted octanol–water partition coefficient (Wildman–Crippen LogP) is 4.37. The fourth-order valence-corrected chi connectivity index (χ4v) is 2.95. The number of anilines is 1. The SMILES string of the molecule is CCOC(=O)/C=C1\c2cc(C)c(C)cc2CN1c1ccc(F)cc1. The van der Waals surface area contributed by atoms with Crippen molar-refractivity contribution in [2.75, 3.05) is 11.5 Å². The Labute approximate surface area is 141 Å². The molecule has 2 aromatic carbocycles. The van der Waals surface area contributed by atoms with Crippen LogP contribution in [0.15, 0.2) is 42.5 Å². The molecular weight excluding hydrogens is 305 g/mol. The number of rotatable bonds is 3. The fraction of sp³-hybridized carbons (Fsp3) is 0.250. The van der Waals surface area contributed by atoms with Gasteiger partial charge in [0.05, 0.1) is 12.3 Å². The van der Waals surface area contributed by atoms with E-state index < -0.39 is 0 Å². The normalized spacial score (nSPS) is 14.8.